The van der Waals surface area contributed by atoms with Gasteiger partial charge < -0.3 is 15.2 Å². The Labute approximate surface area is 174 Å². The van der Waals surface area contributed by atoms with Gasteiger partial charge in [-0.15, -0.1) is 24.8 Å². The summed E-state index contributed by atoms with van der Waals surface area (Å²) < 4.78 is 16.9. The van der Waals surface area contributed by atoms with Crippen LogP contribution in [-0.2, 0) is 19.6 Å². The zero-order chi connectivity index (χ0) is 17.9. The van der Waals surface area contributed by atoms with Crippen LogP contribution in [0.1, 0.15) is 16.1 Å². The fraction of sp³-hybridized carbons (Fsp3) is 0.278. The van der Waals surface area contributed by atoms with Crippen LogP contribution in [0.3, 0.4) is 0 Å². The van der Waals surface area contributed by atoms with E-state index in [0.717, 1.165) is 36.8 Å². The van der Waals surface area contributed by atoms with Crippen LogP contribution in [0.15, 0.2) is 42.7 Å². The molecule has 1 aliphatic rings. The topological polar surface area (TPSA) is 76.8 Å². The number of nitrogens with one attached hydrogen (secondary N) is 2. The molecule has 0 atom stereocenters. The second-order valence-corrected chi connectivity index (χ2v) is 6.13. The Morgan fingerprint density at radius 3 is 2.79 bits per heavy atom. The molecule has 0 saturated heterocycles. The zero-order valence-electron chi connectivity index (χ0n) is 15.0. The Hall–Kier alpha value is -2.42. The van der Waals surface area contributed by atoms with Crippen LogP contribution in [0.4, 0.5) is 4.39 Å². The van der Waals surface area contributed by atoms with Gasteiger partial charge in [0.25, 0.3) is 5.91 Å². The number of rotatable bonds is 5. The third-order valence-electron chi connectivity index (χ3n) is 4.36. The molecule has 10 heteroatoms. The molecule has 0 fully saturated rings. The third-order valence-corrected chi connectivity index (χ3v) is 4.36. The smallest absolute Gasteiger partial charge is 0.251 e. The molecule has 28 heavy (non-hydrogen) atoms. The Morgan fingerprint density at radius 1 is 1.25 bits per heavy atom. The summed E-state index contributed by atoms with van der Waals surface area (Å²) in [6, 6.07) is 7.53. The van der Waals surface area contributed by atoms with Crippen molar-refractivity contribution < 1.29 is 9.18 Å². The van der Waals surface area contributed by atoms with Crippen molar-refractivity contribution in [3.63, 3.8) is 0 Å². The summed E-state index contributed by atoms with van der Waals surface area (Å²) >= 11 is 0. The fourth-order valence-electron chi connectivity index (χ4n) is 3.02. The van der Waals surface area contributed by atoms with Crippen molar-refractivity contribution >= 4 is 30.7 Å². The highest BCUT2D eigenvalue weighted by molar-refractivity contribution is 5.94. The van der Waals surface area contributed by atoms with Crippen LogP contribution in [0.2, 0.25) is 0 Å². The number of halogens is 3. The monoisotopic (exact) mass is 426 g/mol. The molecule has 2 N–H and O–H groups in total. The predicted octanol–water partition coefficient (Wildman–Crippen LogP) is 2.26. The Kier molecular flexibility index (Phi) is 7.56. The predicted molar refractivity (Wildman–Crippen MR) is 108 cm³/mol. The molecule has 0 radical (unpaired) electrons. The maximum absolute atomic E-state index is 12.9. The number of aromatic nitrogens is 4. The molecule has 7 nitrogen and oxygen atoms in total. The number of carbonyl (C=O) groups is 1. The van der Waals surface area contributed by atoms with Crippen LogP contribution in [0.5, 0.6) is 0 Å². The molecule has 0 spiro atoms. The van der Waals surface area contributed by atoms with E-state index in [9.17, 15) is 9.18 Å². The average Bonchev–Trinajstić information content (AvgIpc) is 3.28. The largest absolute Gasteiger partial charge is 0.350 e. The minimum absolute atomic E-state index is 0. The number of amides is 1. The summed E-state index contributed by atoms with van der Waals surface area (Å²) in [7, 11) is 0. The summed E-state index contributed by atoms with van der Waals surface area (Å²) in [5, 5.41) is 10.8. The first kappa shape index (κ1) is 21.9. The van der Waals surface area contributed by atoms with Crippen molar-refractivity contribution in [2.45, 2.75) is 19.6 Å². The van der Waals surface area contributed by atoms with Crippen molar-refractivity contribution in [2.75, 3.05) is 13.1 Å². The molecule has 0 saturated carbocycles. The minimum atomic E-state index is -0.359. The molecule has 4 rings (SSSR count). The van der Waals surface area contributed by atoms with Crippen LogP contribution in [-0.4, -0.2) is 38.3 Å². The standard InChI is InChI=1S/C18H19FN6O.2ClH/c19-14-3-1-13(2-4-14)18(26)22-7-9-24-8-6-21-17(24)16-11-15-12-20-5-10-25(15)23-16;;/h1-4,6,8,11,20H,5,7,9-10,12H2,(H,22,26);2*1H. The molecule has 0 bridgehead atoms. The van der Waals surface area contributed by atoms with Gasteiger partial charge in [0.15, 0.2) is 5.82 Å². The zero-order valence-corrected chi connectivity index (χ0v) is 16.6. The van der Waals surface area contributed by atoms with Crippen molar-refractivity contribution in [3.8, 4) is 11.5 Å². The Balaban J connectivity index is 0.00000140. The van der Waals surface area contributed by atoms with Crippen LogP contribution in [0, 0.1) is 5.82 Å². The van der Waals surface area contributed by atoms with E-state index in [1.54, 1.807) is 6.20 Å². The molecule has 0 unspecified atom stereocenters. The van der Waals surface area contributed by atoms with Gasteiger partial charge in [-0.25, -0.2) is 9.37 Å². The van der Waals surface area contributed by atoms with E-state index in [1.807, 2.05) is 21.5 Å². The number of fused-ring (bicyclic) bond motifs is 1. The van der Waals surface area contributed by atoms with Gasteiger partial charge >= 0.3 is 0 Å². The van der Waals surface area contributed by atoms with Gasteiger partial charge in [0.05, 0.1) is 12.2 Å². The maximum Gasteiger partial charge on any atom is 0.251 e. The molecule has 1 amide bonds. The normalized spacial score (nSPS) is 12.5. The number of carbonyl (C=O) groups excluding carboxylic acids is 1. The second-order valence-electron chi connectivity index (χ2n) is 6.13. The van der Waals surface area contributed by atoms with E-state index in [-0.39, 0.29) is 36.5 Å². The SMILES string of the molecule is Cl.Cl.O=C(NCCn1ccnc1-c1cc2n(n1)CCNC2)c1ccc(F)cc1. The highest BCUT2D eigenvalue weighted by Gasteiger charge is 2.16. The van der Waals surface area contributed by atoms with E-state index in [0.29, 0.717) is 18.7 Å². The number of hydrogen-bond donors (Lipinski definition) is 2. The van der Waals surface area contributed by atoms with Crippen molar-refractivity contribution in [2.24, 2.45) is 0 Å². The van der Waals surface area contributed by atoms with Crippen molar-refractivity contribution in [1.29, 1.82) is 0 Å². The lowest BCUT2D eigenvalue weighted by Crippen LogP contribution is -2.28. The Morgan fingerprint density at radius 2 is 2.04 bits per heavy atom. The van der Waals surface area contributed by atoms with Gasteiger partial charge in [0.1, 0.15) is 11.5 Å². The van der Waals surface area contributed by atoms with Gasteiger partial charge in [-0.05, 0) is 30.3 Å². The average molecular weight is 427 g/mol. The third kappa shape index (κ3) is 4.70. The summed E-state index contributed by atoms with van der Waals surface area (Å²) in [5.74, 6) is 0.195. The highest BCUT2D eigenvalue weighted by Crippen LogP contribution is 2.18. The fourth-order valence-corrected chi connectivity index (χ4v) is 3.02. The van der Waals surface area contributed by atoms with Crippen LogP contribution >= 0.6 is 24.8 Å². The van der Waals surface area contributed by atoms with E-state index < -0.39 is 0 Å². The lowest BCUT2D eigenvalue weighted by molar-refractivity contribution is 0.0952. The van der Waals surface area contributed by atoms with E-state index in [1.165, 1.54) is 24.3 Å². The van der Waals surface area contributed by atoms with Crippen molar-refractivity contribution in [1.82, 2.24) is 30.0 Å². The van der Waals surface area contributed by atoms with Gasteiger partial charge in [0.2, 0.25) is 0 Å². The first-order chi connectivity index (χ1) is 12.7. The molecular weight excluding hydrogens is 406 g/mol. The Bertz CT molecular complexity index is 901. The molecular formula is C18H21Cl2FN6O. The van der Waals surface area contributed by atoms with E-state index >= 15 is 0 Å². The first-order valence-electron chi connectivity index (χ1n) is 8.53. The summed E-state index contributed by atoms with van der Waals surface area (Å²) in [6.07, 6.45) is 3.60. The first-order valence-corrected chi connectivity index (χ1v) is 8.53. The quantitative estimate of drug-likeness (QED) is 0.655. The van der Waals surface area contributed by atoms with Gasteiger partial charge in [-0.3, -0.25) is 9.48 Å². The maximum atomic E-state index is 12.9. The van der Waals surface area contributed by atoms with Gasteiger partial charge in [-0.1, -0.05) is 0 Å². The number of hydrogen-bond acceptors (Lipinski definition) is 4. The molecule has 3 aromatic rings. The number of nitrogens with zero attached hydrogens (tertiary/aromatic N) is 4. The second kappa shape index (κ2) is 9.68. The number of benzene rings is 1. The molecule has 3 heterocycles. The van der Waals surface area contributed by atoms with Gasteiger partial charge in [-0.2, -0.15) is 5.10 Å². The minimum Gasteiger partial charge on any atom is -0.350 e. The number of imidazole rings is 1. The lowest BCUT2D eigenvalue weighted by Gasteiger charge is -2.13. The summed E-state index contributed by atoms with van der Waals surface area (Å²) in [4.78, 5) is 16.5. The van der Waals surface area contributed by atoms with Crippen molar-refractivity contribution in [3.05, 3.63) is 59.8 Å². The molecule has 150 valence electrons. The molecule has 0 aliphatic carbocycles. The lowest BCUT2D eigenvalue weighted by atomic mass is 10.2. The van der Waals surface area contributed by atoms with Crippen LogP contribution < -0.4 is 10.6 Å². The molecule has 2 aromatic heterocycles. The van der Waals surface area contributed by atoms with Crippen LogP contribution in [0.25, 0.3) is 11.5 Å². The molecule has 1 aliphatic heterocycles. The summed E-state index contributed by atoms with van der Waals surface area (Å²) in [5.41, 5.74) is 2.41. The highest BCUT2D eigenvalue weighted by atomic mass is 35.5. The summed E-state index contributed by atoms with van der Waals surface area (Å²) in [6.45, 7) is 3.58. The van der Waals surface area contributed by atoms with E-state index in [2.05, 4.69) is 20.7 Å². The molecule has 1 aromatic carbocycles. The van der Waals surface area contributed by atoms with E-state index in [4.69, 9.17) is 0 Å². The van der Waals surface area contributed by atoms with Gasteiger partial charge in [0, 0.05) is 44.1 Å².